The summed E-state index contributed by atoms with van der Waals surface area (Å²) in [7, 11) is -2.05. The van der Waals surface area contributed by atoms with E-state index >= 15 is 0 Å². The summed E-state index contributed by atoms with van der Waals surface area (Å²) in [6.07, 6.45) is 0.808. The lowest BCUT2D eigenvalue weighted by molar-refractivity contribution is -0.116. The Balaban J connectivity index is 2.54. The maximum atomic E-state index is 14.7. The van der Waals surface area contributed by atoms with Crippen molar-refractivity contribution in [3.05, 3.63) is 53.9 Å². The van der Waals surface area contributed by atoms with E-state index in [1.54, 1.807) is 0 Å². The molecule has 0 fully saturated rings. The third-order valence-electron chi connectivity index (χ3n) is 3.34. The van der Waals surface area contributed by atoms with Crippen LogP contribution in [0, 0.1) is 0 Å². The van der Waals surface area contributed by atoms with Crippen LogP contribution in [0.1, 0.15) is 25.3 Å². The normalized spacial score (nSPS) is 12.9. The van der Waals surface area contributed by atoms with Gasteiger partial charge in [0.15, 0.2) is 11.5 Å². The van der Waals surface area contributed by atoms with E-state index in [1.807, 2.05) is 69.0 Å². The maximum Gasteiger partial charge on any atom is 0.242 e. The first-order valence-electron chi connectivity index (χ1n) is 7.93. The van der Waals surface area contributed by atoms with Gasteiger partial charge in [-0.2, -0.15) is 4.39 Å². The molecular weight excluding hydrogens is 307 g/mol. The lowest BCUT2D eigenvalue weighted by atomic mass is 10.0. The first kappa shape index (κ1) is 17.4. The molecule has 2 aromatic rings. The second kappa shape index (κ2) is 7.09. The summed E-state index contributed by atoms with van der Waals surface area (Å²) < 4.78 is 20.6. The molecule has 2 nitrogen and oxygen atoms in total. The highest BCUT2D eigenvalue weighted by Gasteiger charge is 2.24. The van der Waals surface area contributed by atoms with Gasteiger partial charge >= 0.3 is 0 Å². The van der Waals surface area contributed by atoms with E-state index in [-0.39, 0.29) is 12.2 Å². The monoisotopic (exact) mass is 330 g/mol. The van der Waals surface area contributed by atoms with E-state index in [1.165, 1.54) is 0 Å². The molecule has 0 spiro atoms. The molecule has 0 atom stereocenters. The number of Topliss-reactive ketones (excluding diaryl/α,β-unsaturated/α-hetero) is 1. The molecule has 0 bridgehead atoms. The minimum Gasteiger partial charge on any atom is -0.542 e. The summed E-state index contributed by atoms with van der Waals surface area (Å²) in [4.78, 5) is 12.0. The molecule has 4 heteroatoms. The average molecular weight is 330 g/mol. The van der Waals surface area contributed by atoms with Crippen LogP contribution in [0.15, 0.2) is 48.3 Å². The fraction of sp³-hybridized carbons (Fsp3) is 0.316. The van der Waals surface area contributed by atoms with Gasteiger partial charge in [0.2, 0.25) is 14.1 Å². The molecule has 23 heavy (non-hydrogen) atoms. The maximum absolute atomic E-state index is 14.7. The standard InChI is InChI=1S/C19H23FO2Si/c1-5-8-17(21)18(20)19(22-23(2,3)4)16-12-11-14-9-6-7-10-15(14)13-16/h6-7,9-13H,5,8H2,1-4H3/b19-18+. The summed E-state index contributed by atoms with van der Waals surface area (Å²) in [6, 6.07) is 13.5. The topological polar surface area (TPSA) is 26.3 Å². The van der Waals surface area contributed by atoms with Crippen LogP contribution in [0.4, 0.5) is 4.39 Å². The number of carbonyl (C=O) groups is 1. The number of hydrogen-bond donors (Lipinski definition) is 0. The van der Waals surface area contributed by atoms with Crippen molar-refractivity contribution in [3.63, 3.8) is 0 Å². The Labute approximate surface area is 138 Å². The van der Waals surface area contributed by atoms with Crippen LogP contribution in [0.2, 0.25) is 19.6 Å². The van der Waals surface area contributed by atoms with Crippen LogP contribution in [-0.2, 0) is 9.22 Å². The van der Waals surface area contributed by atoms with E-state index in [0.29, 0.717) is 12.0 Å². The number of hydrogen-bond acceptors (Lipinski definition) is 2. The minimum absolute atomic E-state index is 0.0911. The fourth-order valence-corrected chi connectivity index (χ4v) is 3.15. The number of fused-ring (bicyclic) bond motifs is 1. The molecule has 0 saturated carbocycles. The van der Waals surface area contributed by atoms with E-state index in [2.05, 4.69) is 0 Å². The molecule has 0 amide bonds. The third-order valence-corrected chi connectivity index (χ3v) is 4.16. The van der Waals surface area contributed by atoms with E-state index < -0.39 is 19.9 Å². The Kier molecular flexibility index (Phi) is 5.37. The SMILES string of the molecule is CCCC(=O)/C(F)=C(\O[Si](C)(C)C)c1ccc2ccccc2c1. The van der Waals surface area contributed by atoms with Crippen molar-refractivity contribution in [2.75, 3.05) is 0 Å². The number of allylic oxidation sites excluding steroid dienone is 1. The summed E-state index contributed by atoms with van der Waals surface area (Å²) in [5, 5.41) is 2.07. The van der Waals surface area contributed by atoms with Gasteiger partial charge in [0.25, 0.3) is 0 Å². The van der Waals surface area contributed by atoms with Crippen molar-refractivity contribution >= 4 is 30.6 Å². The zero-order valence-electron chi connectivity index (χ0n) is 14.2. The van der Waals surface area contributed by atoms with Crippen LogP contribution in [-0.4, -0.2) is 14.1 Å². The highest BCUT2D eigenvalue weighted by atomic mass is 28.4. The van der Waals surface area contributed by atoms with Gasteiger partial charge in [0.1, 0.15) is 0 Å². The second-order valence-electron chi connectivity index (χ2n) is 6.59. The molecule has 122 valence electrons. The van der Waals surface area contributed by atoms with Crippen LogP contribution in [0.25, 0.3) is 16.5 Å². The third kappa shape index (κ3) is 4.52. The van der Waals surface area contributed by atoms with Gasteiger partial charge in [-0.05, 0) is 42.9 Å². The first-order chi connectivity index (χ1) is 10.8. The molecule has 0 radical (unpaired) electrons. The number of ketones is 1. The molecule has 0 aliphatic carbocycles. The fourth-order valence-electron chi connectivity index (χ4n) is 2.33. The van der Waals surface area contributed by atoms with Gasteiger partial charge in [0, 0.05) is 12.0 Å². The van der Waals surface area contributed by atoms with Crippen LogP contribution in [0.3, 0.4) is 0 Å². The molecule has 0 N–H and O–H groups in total. The Hall–Kier alpha value is -1.94. The smallest absolute Gasteiger partial charge is 0.242 e. The summed E-state index contributed by atoms with van der Waals surface area (Å²) in [6.45, 7) is 7.79. The van der Waals surface area contributed by atoms with Crippen molar-refractivity contribution in [3.8, 4) is 0 Å². The van der Waals surface area contributed by atoms with Crippen LogP contribution >= 0.6 is 0 Å². The second-order valence-corrected chi connectivity index (χ2v) is 11.0. The highest BCUT2D eigenvalue weighted by Crippen LogP contribution is 2.29. The predicted molar refractivity (Wildman–Crippen MR) is 96.3 cm³/mol. The Bertz CT molecular complexity index is 744. The molecule has 0 aliphatic rings. The Morgan fingerprint density at radius 1 is 1.09 bits per heavy atom. The van der Waals surface area contributed by atoms with Crippen molar-refractivity contribution in [1.82, 2.24) is 0 Å². The van der Waals surface area contributed by atoms with E-state index in [9.17, 15) is 9.18 Å². The van der Waals surface area contributed by atoms with Crippen molar-refractivity contribution in [2.45, 2.75) is 39.4 Å². The molecule has 2 aromatic carbocycles. The number of carbonyl (C=O) groups excluding carboxylic acids is 1. The molecule has 0 aliphatic heterocycles. The molecular formula is C19H23FO2Si. The Morgan fingerprint density at radius 3 is 2.35 bits per heavy atom. The van der Waals surface area contributed by atoms with Crippen molar-refractivity contribution in [2.24, 2.45) is 0 Å². The van der Waals surface area contributed by atoms with Crippen LogP contribution < -0.4 is 0 Å². The van der Waals surface area contributed by atoms with Gasteiger partial charge in [-0.25, -0.2) is 0 Å². The molecule has 0 unspecified atom stereocenters. The molecule has 0 aromatic heterocycles. The van der Waals surface area contributed by atoms with Gasteiger partial charge < -0.3 is 4.43 Å². The molecule has 0 saturated heterocycles. The van der Waals surface area contributed by atoms with E-state index in [4.69, 9.17) is 4.43 Å². The minimum atomic E-state index is -2.05. The largest absolute Gasteiger partial charge is 0.542 e. The summed E-state index contributed by atoms with van der Waals surface area (Å²) in [5.74, 6) is -1.16. The van der Waals surface area contributed by atoms with Gasteiger partial charge in [-0.3, -0.25) is 4.79 Å². The zero-order valence-corrected chi connectivity index (χ0v) is 15.2. The van der Waals surface area contributed by atoms with Crippen LogP contribution in [0.5, 0.6) is 0 Å². The number of rotatable bonds is 6. The lowest BCUT2D eigenvalue weighted by Gasteiger charge is -2.22. The van der Waals surface area contributed by atoms with Gasteiger partial charge in [0.05, 0.1) is 0 Å². The Morgan fingerprint density at radius 2 is 1.74 bits per heavy atom. The highest BCUT2D eigenvalue weighted by molar-refractivity contribution is 6.70. The number of benzene rings is 2. The van der Waals surface area contributed by atoms with Gasteiger partial charge in [-0.15, -0.1) is 0 Å². The molecule has 0 heterocycles. The first-order valence-corrected chi connectivity index (χ1v) is 11.3. The van der Waals surface area contributed by atoms with E-state index in [0.717, 1.165) is 10.8 Å². The lowest BCUT2D eigenvalue weighted by Crippen LogP contribution is -2.25. The average Bonchev–Trinajstić information content (AvgIpc) is 2.51. The van der Waals surface area contributed by atoms with Gasteiger partial charge in [-0.1, -0.05) is 43.3 Å². The summed E-state index contributed by atoms with van der Waals surface area (Å²) in [5.41, 5.74) is 0.619. The summed E-state index contributed by atoms with van der Waals surface area (Å²) >= 11 is 0. The van der Waals surface area contributed by atoms with Crippen molar-refractivity contribution in [1.29, 1.82) is 0 Å². The number of halogens is 1. The quantitative estimate of drug-likeness (QED) is 0.386. The molecule has 2 rings (SSSR count). The zero-order chi connectivity index (χ0) is 17.0. The van der Waals surface area contributed by atoms with Crippen molar-refractivity contribution < 1.29 is 13.6 Å². The predicted octanol–water partition coefficient (Wildman–Crippen LogP) is 5.70.